The van der Waals surface area contributed by atoms with Gasteiger partial charge in [0.25, 0.3) is 0 Å². The number of unbranched alkanes of at least 4 members (excludes halogenated alkanes) is 12. The predicted octanol–water partition coefficient (Wildman–Crippen LogP) is 7.80. The van der Waals surface area contributed by atoms with E-state index in [4.69, 9.17) is 4.74 Å². The first-order chi connectivity index (χ1) is 14.6. The van der Waals surface area contributed by atoms with Crippen molar-refractivity contribution in [2.24, 2.45) is 0 Å². The van der Waals surface area contributed by atoms with E-state index in [2.05, 4.69) is 6.92 Å². The number of carboxylic acids is 1. The SMILES string of the molecule is CCCCCCCCCCCCCCC[C@@H](CC)OC(=O)c1ccccc1C(=O)O. The van der Waals surface area contributed by atoms with Gasteiger partial charge in [-0.05, 0) is 31.4 Å². The highest BCUT2D eigenvalue weighted by molar-refractivity contribution is 6.02. The van der Waals surface area contributed by atoms with Crippen molar-refractivity contribution in [2.45, 2.75) is 116 Å². The lowest BCUT2D eigenvalue weighted by molar-refractivity contribution is 0.0262. The van der Waals surface area contributed by atoms with Crippen LogP contribution in [0.5, 0.6) is 0 Å². The molecule has 0 spiro atoms. The third-order valence-corrected chi connectivity index (χ3v) is 5.74. The Bertz CT molecular complexity index is 596. The molecule has 0 aliphatic carbocycles. The van der Waals surface area contributed by atoms with Crippen molar-refractivity contribution >= 4 is 11.9 Å². The summed E-state index contributed by atoms with van der Waals surface area (Å²) in [5.41, 5.74) is 0.132. The van der Waals surface area contributed by atoms with Gasteiger partial charge < -0.3 is 9.84 Å². The van der Waals surface area contributed by atoms with E-state index in [0.29, 0.717) is 0 Å². The number of rotatable bonds is 18. The highest BCUT2D eigenvalue weighted by Crippen LogP contribution is 2.17. The summed E-state index contributed by atoms with van der Waals surface area (Å²) in [7, 11) is 0. The summed E-state index contributed by atoms with van der Waals surface area (Å²) in [5.74, 6) is -1.64. The minimum absolute atomic E-state index is 0.00156. The molecule has 0 heterocycles. The lowest BCUT2D eigenvalue weighted by Crippen LogP contribution is -2.19. The Morgan fingerprint density at radius 3 is 1.70 bits per heavy atom. The average molecular weight is 419 g/mol. The second-order valence-corrected chi connectivity index (χ2v) is 8.32. The molecule has 1 aromatic rings. The Labute approximate surface area is 183 Å². The van der Waals surface area contributed by atoms with Gasteiger partial charge in [-0.1, -0.05) is 103 Å². The first-order valence-electron chi connectivity index (χ1n) is 12.1. The van der Waals surface area contributed by atoms with Crippen molar-refractivity contribution in [1.29, 1.82) is 0 Å². The van der Waals surface area contributed by atoms with Gasteiger partial charge in [0, 0.05) is 0 Å². The van der Waals surface area contributed by atoms with Crippen LogP contribution in [0.4, 0.5) is 0 Å². The molecule has 170 valence electrons. The van der Waals surface area contributed by atoms with E-state index in [9.17, 15) is 14.7 Å². The van der Waals surface area contributed by atoms with Gasteiger partial charge in [-0.25, -0.2) is 9.59 Å². The van der Waals surface area contributed by atoms with E-state index in [-0.39, 0.29) is 17.2 Å². The smallest absolute Gasteiger partial charge is 0.339 e. The van der Waals surface area contributed by atoms with Crippen LogP contribution in [-0.2, 0) is 4.74 Å². The lowest BCUT2D eigenvalue weighted by atomic mass is 10.0. The normalized spacial score (nSPS) is 11.9. The van der Waals surface area contributed by atoms with E-state index in [1.165, 1.54) is 82.8 Å². The van der Waals surface area contributed by atoms with Crippen LogP contribution in [0.2, 0.25) is 0 Å². The van der Waals surface area contributed by atoms with E-state index in [0.717, 1.165) is 25.7 Å². The highest BCUT2D eigenvalue weighted by Gasteiger charge is 2.20. The fourth-order valence-corrected chi connectivity index (χ4v) is 3.80. The summed E-state index contributed by atoms with van der Waals surface area (Å²) in [6.07, 6.45) is 18.5. The maximum absolute atomic E-state index is 12.4. The summed E-state index contributed by atoms with van der Waals surface area (Å²) in [5, 5.41) is 9.23. The second-order valence-electron chi connectivity index (χ2n) is 8.32. The van der Waals surface area contributed by atoms with Crippen molar-refractivity contribution in [1.82, 2.24) is 0 Å². The van der Waals surface area contributed by atoms with Gasteiger partial charge >= 0.3 is 11.9 Å². The number of carbonyl (C=O) groups excluding carboxylic acids is 1. The molecule has 1 N–H and O–H groups in total. The molecule has 0 saturated carbocycles. The van der Waals surface area contributed by atoms with Gasteiger partial charge in [-0.3, -0.25) is 0 Å². The first-order valence-corrected chi connectivity index (χ1v) is 12.1. The quantitative estimate of drug-likeness (QED) is 0.195. The Hall–Kier alpha value is -1.84. The number of aromatic carboxylic acids is 1. The third-order valence-electron chi connectivity index (χ3n) is 5.74. The number of ether oxygens (including phenoxy) is 1. The fourth-order valence-electron chi connectivity index (χ4n) is 3.80. The van der Waals surface area contributed by atoms with Crippen LogP contribution in [-0.4, -0.2) is 23.1 Å². The average Bonchev–Trinajstić information content (AvgIpc) is 2.75. The van der Waals surface area contributed by atoms with Crippen LogP contribution in [0.1, 0.15) is 131 Å². The van der Waals surface area contributed by atoms with Crippen LogP contribution in [0.15, 0.2) is 24.3 Å². The van der Waals surface area contributed by atoms with Gasteiger partial charge in [-0.15, -0.1) is 0 Å². The number of carbonyl (C=O) groups is 2. The molecule has 0 bridgehead atoms. The molecule has 0 unspecified atom stereocenters. The molecule has 1 rings (SSSR count). The van der Waals surface area contributed by atoms with Crippen molar-refractivity contribution in [3.8, 4) is 0 Å². The van der Waals surface area contributed by atoms with E-state index >= 15 is 0 Å². The Kier molecular flexibility index (Phi) is 14.8. The summed E-state index contributed by atoms with van der Waals surface area (Å²) in [6, 6.07) is 6.23. The molecule has 0 saturated heterocycles. The zero-order valence-corrected chi connectivity index (χ0v) is 19.2. The van der Waals surface area contributed by atoms with Crippen LogP contribution >= 0.6 is 0 Å². The van der Waals surface area contributed by atoms with Gasteiger partial charge in [0.15, 0.2) is 0 Å². The molecule has 4 nitrogen and oxygen atoms in total. The van der Waals surface area contributed by atoms with E-state index in [1.54, 1.807) is 12.1 Å². The number of hydrogen-bond donors (Lipinski definition) is 1. The van der Waals surface area contributed by atoms with Crippen LogP contribution in [0, 0.1) is 0 Å². The standard InChI is InChI=1S/C26H42O4/c1-3-5-6-7-8-9-10-11-12-13-14-15-16-19-22(4-2)30-26(29)24-21-18-17-20-23(24)25(27)28/h17-18,20-22H,3-16,19H2,1-2H3,(H,27,28)/t22-/m1/s1. The topological polar surface area (TPSA) is 63.6 Å². The number of carboxylic acid groups (broad SMARTS) is 1. The Balaban J connectivity index is 2.12. The third kappa shape index (κ3) is 11.4. The summed E-state index contributed by atoms with van der Waals surface area (Å²) < 4.78 is 5.58. The predicted molar refractivity (Wildman–Crippen MR) is 123 cm³/mol. The number of esters is 1. The molecule has 1 aromatic carbocycles. The van der Waals surface area contributed by atoms with Gasteiger partial charge in [0.1, 0.15) is 6.10 Å². The highest BCUT2D eigenvalue weighted by atomic mass is 16.5. The maximum Gasteiger partial charge on any atom is 0.339 e. The lowest BCUT2D eigenvalue weighted by Gasteiger charge is -2.17. The Morgan fingerprint density at radius 1 is 0.767 bits per heavy atom. The van der Waals surface area contributed by atoms with Crippen LogP contribution in [0.3, 0.4) is 0 Å². The van der Waals surface area contributed by atoms with Crippen molar-refractivity contribution in [3.63, 3.8) is 0 Å². The van der Waals surface area contributed by atoms with E-state index < -0.39 is 11.9 Å². The molecule has 0 aliphatic heterocycles. The summed E-state index contributed by atoms with van der Waals surface area (Å²) in [4.78, 5) is 23.7. The molecule has 30 heavy (non-hydrogen) atoms. The van der Waals surface area contributed by atoms with Crippen molar-refractivity contribution < 1.29 is 19.4 Å². The fraction of sp³-hybridized carbons (Fsp3) is 0.692. The number of hydrogen-bond acceptors (Lipinski definition) is 3. The molecular weight excluding hydrogens is 376 g/mol. The summed E-state index contributed by atoms with van der Waals surface area (Å²) >= 11 is 0. The monoisotopic (exact) mass is 418 g/mol. The second kappa shape index (κ2) is 16.9. The molecule has 1 atom stereocenters. The molecular formula is C26H42O4. The van der Waals surface area contributed by atoms with Crippen LogP contribution < -0.4 is 0 Å². The molecule has 4 heteroatoms. The molecule has 0 radical (unpaired) electrons. The first kappa shape index (κ1) is 26.2. The summed E-state index contributed by atoms with van der Waals surface area (Å²) in [6.45, 7) is 4.26. The van der Waals surface area contributed by atoms with Crippen LogP contribution in [0.25, 0.3) is 0 Å². The zero-order chi connectivity index (χ0) is 22.0. The molecule has 0 aliphatic rings. The van der Waals surface area contributed by atoms with E-state index in [1.807, 2.05) is 6.92 Å². The van der Waals surface area contributed by atoms with Gasteiger partial charge in [0.2, 0.25) is 0 Å². The Morgan fingerprint density at radius 2 is 1.23 bits per heavy atom. The minimum Gasteiger partial charge on any atom is -0.478 e. The molecule has 0 amide bonds. The molecule has 0 fully saturated rings. The van der Waals surface area contributed by atoms with Crippen molar-refractivity contribution in [2.75, 3.05) is 0 Å². The zero-order valence-electron chi connectivity index (χ0n) is 19.2. The minimum atomic E-state index is -1.10. The maximum atomic E-state index is 12.4. The largest absolute Gasteiger partial charge is 0.478 e. The van der Waals surface area contributed by atoms with Crippen molar-refractivity contribution in [3.05, 3.63) is 35.4 Å². The van der Waals surface area contributed by atoms with Gasteiger partial charge in [0.05, 0.1) is 11.1 Å². The molecule has 0 aromatic heterocycles. The number of benzene rings is 1. The van der Waals surface area contributed by atoms with Gasteiger partial charge in [-0.2, -0.15) is 0 Å².